The maximum absolute atomic E-state index is 14.0. The van der Waals surface area contributed by atoms with Gasteiger partial charge in [0, 0.05) is 17.4 Å². The molecular weight excluding hydrogens is 400 g/mol. The van der Waals surface area contributed by atoms with Crippen molar-refractivity contribution >= 4 is 11.6 Å². The van der Waals surface area contributed by atoms with Crippen LogP contribution >= 0.6 is 0 Å². The lowest BCUT2D eigenvalue weighted by molar-refractivity contribution is -0.523. The Kier molecular flexibility index (Phi) is 3.45. The largest absolute Gasteiger partial charge is 0.515 e. The van der Waals surface area contributed by atoms with Crippen LogP contribution in [-0.4, -0.2) is 52.2 Å². The van der Waals surface area contributed by atoms with Gasteiger partial charge >= 0.3 is 0 Å². The van der Waals surface area contributed by atoms with Crippen molar-refractivity contribution < 1.29 is 34.0 Å². The van der Waals surface area contributed by atoms with E-state index in [1.54, 1.807) is 13.8 Å². The number of rotatable bonds is 0. The molecule has 4 bridgehead atoms. The van der Waals surface area contributed by atoms with Crippen molar-refractivity contribution in [2.45, 2.75) is 70.7 Å². The van der Waals surface area contributed by atoms with Crippen molar-refractivity contribution in [1.82, 2.24) is 0 Å². The summed E-state index contributed by atoms with van der Waals surface area (Å²) in [4.78, 5) is 27.9. The second-order valence-corrected chi connectivity index (χ2v) is 11.6. The second-order valence-electron chi connectivity index (χ2n) is 11.6. The summed E-state index contributed by atoms with van der Waals surface area (Å²) in [7, 11) is 0. The standard InChI is InChI=1S/C24H30O7/c1-11-13-6-7-14-22-10-29-24(23(14,16(11)26)19(13)30-21(4,5)31-24)18(28)15(22)20(2,3)8-12(9-25)17(22)27/h9,13-15,18-19,25,28H,1,6-8,10H2,2-5H3/b12-9+/t13-,14-,15+,18-,19?,22-,23-,24?/m0/s1. The molecule has 3 aliphatic heterocycles. The molecule has 2 unspecified atom stereocenters. The van der Waals surface area contributed by atoms with Crippen LogP contribution in [0.25, 0.3) is 0 Å². The van der Waals surface area contributed by atoms with E-state index in [1.165, 1.54) is 0 Å². The zero-order chi connectivity index (χ0) is 22.4. The van der Waals surface area contributed by atoms with E-state index in [1.807, 2.05) is 13.8 Å². The lowest BCUT2D eigenvalue weighted by atomic mass is 9.35. The van der Waals surface area contributed by atoms with Gasteiger partial charge < -0.3 is 24.4 Å². The number of carbonyl (C=O) groups is 2. The lowest BCUT2D eigenvalue weighted by Gasteiger charge is -2.76. The summed E-state index contributed by atoms with van der Waals surface area (Å²) in [5.41, 5.74) is -2.17. The molecule has 7 heteroatoms. The number of carbonyl (C=O) groups excluding carboxylic acids is 2. The molecule has 0 aromatic carbocycles. The van der Waals surface area contributed by atoms with Crippen LogP contribution < -0.4 is 0 Å². The van der Waals surface area contributed by atoms with E-state index in [2.05, 4.69) is 6.58 Å². The predicted molar refractivity (Wildman–Crippen MR) is 108 cm³/mol. The number of ketones is 2. The molecule has 3 saturated heterocycles. The summed E-state index contributed by atoms with van der Waals surface area (Å²) >= 11 is 0. The Bertz CT molecular complexity index is 978. The predicted octanol–water partition coefficient (Wildman–Crippen LogP) is 2.43. The Balaban J connectivity index is 1.70. The van der Waals surface area contributed by atoms with Gasteiger partial charge in [-0.25, -0.2) is 0 Å². The topological polar surface area (TPSA) is 102 Å². The Morgan fingerprint density at radius 2 is 1.84 bits per heavy atom. The highest BCUT2D eigenvalue weighted by Gasteiger charge is 2.90. The number of Topliss-reactive ketones (excluding diaryl/α,β-unsaturated/α-hetero) is 2. The molecule has 7 nitrogen and oxygen atoms in total. The highest BCUT2D eigenvalue weighted by molar-refractivity contribution is 6.08. The zero-order valence-corrected chi connectivity index (χ0v) is 18.4. The Hall–Kier alpha value is -1.54. The summed E-state index contributed by atoms with van der Waals surface area (Å²) in [6.07, 6.45) is 0.774. The molecule has 0 amide bonds. The first kappa shape index (κ1) is 20.1. The van der Waals surface area contributed by atoms with Gasteiger partial charge in [0.05, 0.1) is 24.4 Å². The molecule has 3 spiro atoms. The molecule has 7 rings (SSSR count). The fraction of sp³-hybridized carbons (Fsp3) is 0.750. The SMILES string of the molecule is C=C1C(=O)[C@@]23C4OC(C)(C)OC25OC[C@]2(C(=O)/C(=C/O)CC(C)(C)[C@H]2[C@@H]5O)[C@@H]3CC[C@@H]14. The van der Waals surface area contributed by atoms with Crippen molar-refractivity contribution in [1.29, 1.82) is 0 Å². The molecule has 2 N–H and O–H groups in total. The molecule has 0 radical (unpaired) electrons. The number of aliphatic hydroxyl groups is 2. The first-order valence-electron chi connectivity index (χ1n) is 11.2. The van der Waals surface area contributed by atoms with Crippen LogP contribution in [0.2, 0.25) is 0 Å². The Morgan fingerprint density at radius 3 is 2.52 bits per heavy atom. The van der Waals surface area contributed by atoms with E-state index in [0.717, 1.165) is 6.26 Å². The minimum atomic E-state index is -1.59. The van der Waals surface area contributed by atoms with Crippen LogP contribution in [0.3, 0.4) is 0 Å². The highest BCUT2D eigenvalue weighted by Crippen LogP contribution is 2.78. The van der Waals surface area contributed by atoms with E-state index >= 15 is 0 Å². The third kappa shape index (κ3) is 1.79. The van der Waals surface area contributed by atoms with Crippen molar-refractivity contribution in [3.05, 3.63) is 24.0 Å². The van der Waals surface area contributed by atoms with E-state index in [9.17, 15) is 19.8 Å². The smallest absolute Gasteiger partial charge is 0.213 e. The van der Waals surface area contributed by atoms with E-state index in [-0.39, 0.29) is 24.1 Å². The minimum absolute atomic E-state index is 0.0496. The van der Waals surface area contributed by atoms with Gasteiger partial charge in [-0.1, -0.05) is 20.4 Å². The fourth-order valence-electron chi connectivity index (χ4n) is 8.79. The van der Waals surface area contributed by atoms with Gasteiger partial charge in [-0.15, -0.1) is 0 Å². The second kappa shape index (κ2) is 5.33. The maximum Gasteiger partial charge on any atom is 0.213 e. The molecule has 0 aromatic heterocycles. The molecule has 8 atom stereocenters. The molecule has 7 fully saturated rings. The van der Waals surface area contributed by atoms with Crippen LogP contribution in [0.1, 0.15) is 47.0 Å². The molecular formula is C24H30O7. The van der Waals surface area contributed by atoms with Gasteiger partial charge in [0.15, 0.2) is 17.4 Å². The van der Waals surface area contributed by atoms with E-state index in [4.69, 9.17) is 14.2 Å². The molecule has 7 aliphatic rings. The van der Waals surface area contributed by atoms with Gasteiger partial charge in [-0.05, 0) is 50.0 Å². The first-order chi connectivity index (χ1) is 14.4. The summed E-state index contributed by atoms with van der Waals surface area (Å²) in [5.74, 6) is -4.18. The van der Waals surface area contributed by atoms with Crippen LogP contribution in [0.15, 0.2) is 24.0 Å². The average Bonchev–Trinajstić information content (AvgIpc) is 2.80. The van der Waals surface area contributed by atoms with Crippen molar-refractivity contribution in [2.24, 2.45) is 34.0 Å². The molecule has 4 saturated carbocycles. The van der Waals surface area contributed by atoms with Crippen molar-refractivity contribution in [3.63, 3.8) is 0 Å². The third-order valence-electron chi connectivity index (χ3n) is 9.40. The lowest BCUT2D eigenvalue weighted by Crippen LogP contribution is -2.88. The summed E-state index contributed by atoms with van der Waals surface area (Å²) in [6.45, 7) is 11.7. The Morgan fingerprint density at radius 1 is 1.13 bits per heavy atom. The van der Waals surface area contributed by atoms with E-state index < -0.39 is 51.9 Å². The third-order valence-corrected chi connectivity index (χ3v) is 9.40. The number of hydrogen-bond donors (Lipinski definition) is 2. The maximum atomic E-state index is 14.0. The molecule has 4 aliphatic carbocycles. The average molecular weight is 430 g/mol. The molecule has 0 aromatic rings. The first-order valence-corrected chi connectivity index (χ1v) is 11.2. The summed E-state index contributed by atoms with van der Waals surface area (Å²) in [6, 6.07) is 0. The zero-order valence-electron chi connectivity index (χ0n) is 18.4. The van der Waals surface area contributed by atoms with Crippen LogP contribution in [0.4, 0.5) is 0 Å². The number of hydrogen-bond acceptors (Lipinski definition) is 7. The van der Waals surface area contributed by atoms with Gasteiger partial charge in [-0.3, -0.25) is 9.59 Å². The van der Waals surface area contributed by atoms with Crippen molar-refractivity contribution in [3.8, 4) is 0 Å². The van der Waals surface area contributed by atoms with Crippen molar-refractivity contribution in [2.75, 3.05) is 6.61 Å². The van der Waals surface area contributed by atoms with Gasteiger partial charge in [0.2, 0.25) is 5.79 Å². The van der Waals surface area contributed by atoms with Gasteiger partial charge in [0.1, 0.15) is 11.5 Å². The van der Waals surface area contributed by atoms with E-state index in [0.29, 0.717) is 30.4 Å². The summed E-state index contributed by atoms with van der Waals surface area (Å²) in [5, 5.41) is 21.9. The fourth-order valence-corrected chi connectivity index (χ4v) is 8.79. The number of aliphatic hydroxyl groups excluding tert-OH is 2. The Labute approximate surface area is 181 Å². The van der Waals surface area contributed by atoms with Crippen LogP contribution in [-0.2, 0) is 23.8 Å². The van der Waals surface area contributed by atoms with Crippen LogP contribution in [0.5, 0.6) is 0 Å². The molecule has 3 heterocycles. The number of fused-ring (bicyclic) bond motifs is 1. The van der Waals surface area contributed by atoms with Gasteiger partial charge in [0.25, 0.3) is 0 Å². The monoisotopic (exact) mass is 430 g/mol. The summed E-state index contributed by atoms with van der Waals surface area (Å²) < 4.78 is 19.2. The van der Waals surface area contributed by atoms with Crippen LogP contribution in [0, 0.1) is 34.0 Å². The number of allylic oxidation sites excluding steroid dienone is 1. The normalized spacial score (nSPS) is 54.7. The van der Waals surface area contributed by atoms with Gasteiger partial charge in [-0.2, -0.15) is 0 Å². The molecule has 31 heavy (non-hydrogen) atoms. The quantitative estimate of drug-likeness (QED) is 0.449. The highest BCUT2D eigenvalue weighted by atomic mass is 16.8. The molecule has 168 valence electrons. The number of ether oxygens (including phenoxy) is 3. The minimum Gasteiger partial charge on any atom is -0.515 e.